The maximum atomic E-state index is 11.8. The van der Waals surface area contributed by atoms with E-state index in [2.05, 4.69) is 71.8 Å². The van der Waals surface area contributed by atoms with E-state index in [4.69, 9.17) is 0 Å². The first-order valence-corrected chi connectivity index (χ1v) is 8.98. The highest BCUT2D eigenvalue weighted by molar-refractivity contribution is 9.10. The number of nitrogens with one attached hydrogen (secondary N) is 1. The minimum absolute atomic E-state index is 0.214. The molecular weight excluding hydrogens is 382 g/mol. The van der Waals surface area contributed by atoms with E-state index in [0.29, 0.717) is 11.0 Å². The van der Waals surface area contributed by atoms with E-state index in [0.717, 1.165) is 30.9 Å². The minimum atomic E-state index is -0.214. The molecule has 2 aromatic heterocycles. The lowest BCUT2D eigenvalue weighted by molar-refractivity contribution is 0.658. The van der Waals surface area contributed by atoms with Crippen molar-refractivity contribution >= 4 is 21.6 Å². The molecule has 7 heteroatoms. The van der Waals surface area contributed by atoms with Crippen molar-refractivity contribution in [2.45, 2.75) is 26.4 Å². The molecule has 1 aliphatic rings. The molecule has 4 rings (SSSR count). The van der Waals surface area contributed by atoms with Crippen molar-refractivity contribution in [3.8, 4) is 0 Å². The lowest BCUT2D eigenvalue weighted by Crippen LogP contribution is -2.32. The van der Waals surface area contributed by atoms with E-state index < -0.39 is 0 Å². The zero-order chi connectivity index (χ0) is 17.4. The van der Waals surface area contributed by atoms with Crippen molar-refractivity contribution in [1.82, 2.24) is 19.7 Å². The zero-order valence-corrected chi connectivity index (χ0v) is 15.5. The minimum Gasteiger partial charge on any atom is -0.363 e. The van der Waals surface area contributed by atoms with Crippen LogP contribution in [-0.2, 0) is 19.5 Å². The summed E-state index contributed by atoms with van der Waals surface area (Å²) in [5.41, 5.74) is 5.53. The fraction of sp³-hybridized carbons (Fsp3) is 0.278. The standard InChI is InChI=1S/C18H18BrN5O/c1-12-4-2-3-5-13(12)9-24-11-20-14-10-23(7-6-15(14)24)16-8-21-22-18(25)17(16)19/h2-5,8,11H,6-7,9-10H2,1H3,(H,22,25). The van der Waals surface area contributed by atoms with Crippen molar-refractivity contribution in [2.75, 3.05) is 11.4 Å². The summed E-state index contributed by atoms with van der Waals surface area (Å²) in [6.07, 6.45) is 4.49. The van der Waals surface area contributed by atoms with Crippen LogP contribution in [0.25, 0.3) is 0 Å². The molecule has 0 saturated heterocycles. The molecule has 3 heterocycles. The molecule has 25 heavy (non-hydrogen) atoms. The summed E-state index contributed by atoms with van der Waals surface area (Å²) >= 11 is 3.36. The van der Waals surface area contributed by atoms with E-state index in [9.17, 15) is 4.79 Å². The van der Waals surface area contributed by atoms with Crippen LogP contribution in [-0.4, -0.2) is 26.3 Å². The van der Waals surface area contributed by atoms with Crippen LogP contribution in [0.2, 0.25) is 0 Å². The van der Waals surface area contributed by atoms with Gasteiger partial charge >= 0.3 is 0 Å². The molecule has 0 unspecified atom stereocenters. The van der Waals surface area contributed by atoms with Gasteiger partial charge in [-0.25, -0.2) is 10.1 Å². The van der Waals surface area contributed by atoms with Gasteiger partial charge in [0, 0.05) is 25.2 Å². The third-order valence-corrected chi connectivity index (χ3v) is 5.48. The Kier molecular flexibility index (Phi) is 4.17. The topological polar surface area (TPSA) is 66.8 Å². The van der Waals surface area contributed by atoms with Gasteiger partial charge in [-0.2, -0.15) is 5.10 Å². The van der Waals surface area contributed by atoms with Crippen molar-refractivity contribution < 1.29 is 0 Å². The highest BCUT2D eigenvalue weighted by Crippen LogP contribution is 2.27. The van der Waals surface area contributed by atoms with Gasteiger partial charge in [0.1, 0.15) is 4.47 Å². The number of aromatic nitrogens is 4. The van der Waals surface area contributed by atoms with Crippen molar-refractivity contribution in [3.63, 3.8) is 0 Å². The first-order valence-electron chi connectivity index (χ1n) is 8.19. The molecule has 0 spiro atoms. The fourth-order valence-electron chi connectivity index (χ4n) is 3.28. The molecule has 3 aromatic rings. The summed E-state index contributed by atoms with van der Waals surface area (Å²) in [7, 11) is 0. The number of aromatic amines is 1. The number of aryl methyl sites for hydroxylation is 1. The maximum Gasteiger partial charge on any atom is 0.280 e. The Balaban J connectivity index is 1.60. The number of halogens is 1. The summed E-state index contributed by atoms with van der Waals surface area (Å²) in [6.45, 7) is 4.49. The van der Waals surface area contributed by atoms with Crippen LogP contribution in [0.4, 0.5) is 5.69 Å². The average molecular weight is 400 g/mol. The quantitative estimate of drug-likeness (QED) is 0.734. The number of imidazole rings is 1. The van der Waals surface area contributed by atoms with E-state index in [1.165, 1.54) is 16.8 Å². The van der Waals surface area contributed by atoms with Gasteiger partial charge in [0.2, 0.25) is 0 Å². The number of benzene rings is 1. The molecule has 6 nitrogen and oxygen atoms in total. The molecule has 0 amide bonds. The Labute approximate surface area is 153 Å². The summed E-state index contributed by atoms with van der Waals surface area (Å²) in [5.74, 6) is 0. The SMILES string of the molecule is Cc1ccccc1Cn1cnc2c1CCN(c1cn[nH]c(=O)c1Br)C2. The Morgan fingerprint density at radius 2 is 2.16 bits per heavy atom. The Morgan fingerprint density at radius 3 is 3.00 bits per heavy atom. The van der Waals surface area contributed by atoms with Crippen LogP contribution in [0.3, 0.4) is 0 Å². The molecule has 1 aromatic carbocycles. The van der Waals surface area contributed by atoms with Gasteiger partial charge in [0.15, 0.2) is 0 Å². The fourth-order valence-corrected chi connectivity index (χ4v) is 3.72. The first kappa shape index (κ1) is 16.1. The normalized spacial score (nSPS) is 13.8. The second-order valence-corrected chi connectivity index (χ2v) is 7.06. The van der Waals surface area contributed by atoms with Crippen LogP contribution in [0, 0.1) is 6.92 Å². The monoisotopic (exact) mass is 399 g/mol. The highest BCUT2D eigenvalue weighted by atomic mass is 79.9. The molecule has 128 valence electrons. The van der Waals surface area contributed by atoms with Crippen molar-refractivity contribution in [3.05, 3.63) is 74.1 Å². The second-order valence-electron chi connectivity index (χ2n) is 6.26. The maximum absolute atomic E-state index is 11.8. The third-order valence-electron chi connectivity index (χ3n) is 4.71. The molecular formula is C18H18BrN5O. The van der Waals surface area contributed by atoms with E-state index in [1.807, 2.05) is 6.33 Å². The molecule has 1 N–H and O–H groups in total. The number of rotatable bonds is 3. The average Bonchev–Trinajstić information content (AvgIpc) is 3.01. The predicted octanol–water partition coefficient (Wildman–Crippen LogP) is 2.65. The number of nitrogens with zero attached hydrogens (tertiary/aromatic N) is 4. The van der Waals surface area contributed by atoms with Gasteiger partial charge in [-0.3, -0.25) is 4.79 Å². The molecule has 0 radical (unpaired) electrons. The van der Waals surface area contributed by atoms with Crippen LogP contribution in [0.15, 0.2) is 46.1 Å². The second kappa shape index (κ2) is 6.48. The van der Waals surface area contributed by atoms with Crippen molar-refractivity contribution in [1.29, 1.82) is 0 Å². The van der Waals surface area contributed by atoms with Gasteiger partial charge in [0.25, 0.3) is 5.56 Å². The van der Waals surface area contributed by atoms with Crippen LogP contribution >= 0.6 is 15.9 Å². The predicted molar refractivity (Wildman–Crippen MR) is 99.8 cm³/mol. The largest absolute Gasteiger partial charge is 0.363 e. The highest BCUT2D eigenvalue weighted by Gasteiger charge is 2.23. The Morgan fingerprint density at radius 1 is 1.32 bits per heavy atom. The summed E-state index contributed by atoms with van der Waals surface area (Å²) in [5, 5.41) is 6.35. The van der Waals surface area contributed by atoms with E-state index >= 15 is 0 Å². The summed E-state index contributed by atoms with van der Waals surface area (Å²) < 4.78 is 2.76. The number of hydrogen-bond donors (Lipinski definition) is 1. The van der Waals surface area contributed by atoms with Crippen LogP contribution < -0.4 is 10.5 Å². The molecule has 0 atom stereocenters. The lowest BCUT2D eigenvalue weighted by Gasteiger charge is -2.29. The van der Waals surface area contributed by atoms with Gasteiger partial charge < -0.3 is 9.47 Å². The number of hydrogen-bond acceptors (Lipinski definition) is 4. The molecule has 0 fully saturated rings. The molecule has 0 saturated carbocycles. The summed E-state index contributed by atoms with van der Waals surface area (Å²) in [6, 6.07) is 8.44. The smallest absolute Gasteiger partial charge is 0.280 e. The lowest BCUT2D eigenvalue weighted by atomic mass is 10.1. The Bertz CT molecular complexity index is 978. The van der Waals surface area contributed by atoms with Crippen molar-refractivity contribution in [2.24, 2.45) is 0 Å². The summed E-state index contributed by atoms with van der Waals surface area (Å²) in [4.78, 5) is 18.5. The van der Waals surface area contributed by atoms with Gasteiger partial charge in [0.05, 0.1) is 30.5 Å². The molecule has 1 aliphatic heterocycles. The molecule has 0 aliphatic carbocycles. The van der Waals surface area contributed by atoms with E-state index in [-0.39, 0.29) is 5.56 Å². The van der Waals surface area contributed by atoms with Gasteiger partial charge in [-0.15, -0.1) is 0 Å². The van der Waals surface area contributed by atoms with Gasteiger partial charge in [-0.05, 0) is 34.0 Å². The number of fused-ring (bicyclic) bond motifs is 1. The number of anilines is 1. The number of H-pyrrole nitrogens is 1. The first-order chi connectivity index (χ1) is 12.1. The third kappa shape index (κ3) is 3.00. The van der Waals surface area contributed by atoms with Crippen LogP contribution in [0.5, 0.6) is 0 Å². The molecule has 0 bridgehead atoms. The van der Waals surface area contributed by atoms with E-state index in [1.54, 1.807) is 6.20 Å². The van der Waals surface area contributed by atoms with Gasteiger partial charge in [-0.1, -0.05) is 24.3 Å². The van der Waals surface area contributed by atoms with Crippen LogP contribution in [0.1, 0.15) is 22.5 Å². The Hall–Kier alpha value is -2.41. The zero-order valence-electron chi connectivity index (χ0n) is 13.9.